The van der Waals surface area contributed by atoms with E-state index in [1.807, 2.05) is 6.07 Å². The van der Waals surface area contributed by atoms with Gasteiger partial charge in [0.25, 0.3) is 0 Å². The van der Waals surface area contributed by atoms with Crippen LogP contribution in [0.4, 0.5) is 0 Å². The van der Waals surface area contributed by atoms with Crippen molar-refractivity contribution >= 4 is 10.0 Å². The molecule has 110 valence electrons. The Kier molecular flexibility index (Phi) is 4.35. The van der Waals surface area contributed by atoms with Gasteiger partial charge in [0.05, 0.1) is 16.5 Å². The number of nitriles is 1. The van der Waals surface area contributed by atoms with E-state index in [0.29, 0.717) is 29.3 Å². The normalized spacial score (nSPS) is 11.3. The molecule has 0 saturated carbocycles. The highest BCUT2D eigenvalue weighted by molar-refractivity contribution is 7.89. The van der Waals surface area contributed by atoms with Gasteiger partial charge in [-0.1, -0.05) is 5.16 Å². The third-order valence-electron chi connectivity index (χ3n) is 2.84. The summed E-state index contributed by atoms with van der Waals surface area (Å²) in [5.41, 5.74) is 1.07. The first kappa shape index (κ1) is 15.2. The maximum absolute atomic E-state index is 12.1. The van der Waals surface area contributed by atoms with Gasteiger partial charge in [-0.25, -0.2) is 13.1 Å². The number of nitrogens with zero attached hydrogens (tertiary/aromatic N) is 3. The summed E-state index contributed by atoms with van der Waals surface area (Å²) in [7, 11) is -3.62. The van der Waals surface area contributed by atoms with E-state index in [1.54, 1.807) is 13.8 Å². The highest BCUT2D eigenvalue weighted by Crippen LogP contribution is 2.14. The molecular weight excluding hydrogens is 292 g/mol. The van der Waals surface area contributed by atoms with E-state index < -0.39 is 10.0 Å². The van der Waals surface area contributed by atoms with Crippen LogP contribution in [0.1, 0.15) is 22.8 Å². The molecule has 1 aromatic carbocycles. The monoisotopic (exact) mass is 306 g/mol. The SMILES string of the molecule is Cc1nc(CCNS(=O)(=O)c2ccc(C#N)c(C)c2)no1. The Balaban J connectivity index is 2.05. The third-order valence-corrected chi connectivity index (χ3v) is 4.30. The van der Waals surface area contributed by atoms with Gasteiger partial charge in [-0.15, -0.1) is 0 Å². The Hall–Kier alpha value is -2.24. The molecule has 0 fully saturated rings. The Labute approximate surface area is 122 Å². The van der Waals surface area contributed by atoms with Crippen LogP contribution in [-0.4, -0.2) is 25.1 Å². The zero-order valence-corrected chi connectivity index (χ0v) is 12.4. The summed E-state index contributed by atoms with van der Waals surface area (Å²) in [5.74, 6) is 0.891. The van der Waals surface area contributed by atoms with Crippen LogP contribution in [0.15, 0.2) is 27.6 Å². The molecule has 0 unspecified atom stereocenters. The highest BCUT2D eigenvalue weighted by Gasteiger charge is 2.15. The Bertz CT molecular complexity index is 790. The molecule has 0 aliphatic carbocycles. The predicted octanol–water partition coefficient (Wildman–Crippen LogP) is 1.08. The summed E-state index contributed by atoms with van der Waals surface area (Å²) in [6.45, 7) is 3.53. The van der Waals surface area contributed by atoms with Crippen molar-refractivity contribution in [1.82, 2.24) is 14.9 Å². The minimum Gasteiger partial charge on any atom is -0.340 e. The number of hydrogen-bond acceptors (Lipinski definition) is 6. The van der Waals surface area contributed by atoms with Gasteiger partial charge in [-0.2, -0.15) is 10.2 Å². The van der Waals surface area contributed by atoms with Crippen molar-refractivity contribution in [3.8, 4) is 6.07 Å². The maximum Gasteiger partial charge on any atom is 0.240 e. The first-order chi connectivity index (χ1) is 9.92. The van der Waals surface area contributed by atoms with Crippen LogP contribution in [0.5, 0.6) is 0 Å². The molecule has 21 heavy (non-hydrogen) atoms. The molecule has 2 rings (SSSR count). The van der Waals surface area contributed by atoms with E-state index in [4.69, 9.17) is 9.78 Å². The van der Waals surface area contributed by atoms with Crippen molar-refractivity contribution in [2.45, 2.75) is 25.2 Å². The number of rotatable bonds is 5. The fourth-order valence-electron chi connectivity index (χ4n) is 1.75. The molecule has 1 heterocycles. The van der Waals surface area contributed by atoms with E-state index >= 15 is 0 Å². The second-order valence-electron chi connectivity index (χ2n) is 4.47. The van der Waals surface area contributed by atoms with Gasteiger partial charge in [0, 0.05) is 19.9 Å². The number of sulfonamides is 1. The van der Waals surface area contributed by atoms with E-state index in [9.17, 15) is 8.42 Å². The zero-order valence-electron chi connectivity index (χ0n) is 11.6. The lowest BCUT2D eigenvalue weighted by atomic mass is 10.1. The summed E-state index contributed by atoms with van der Waals surface area (Å²) in [5, 5.41) is 12.5. The van der Waals surface area contributed by atoms with Gasteiger partial charge in [0.2, 0.25) is 15.9 Å². The zero-order chi connectivity index (χ0) is 15.5. The molecule has 0 aliphatic heterocycles. The van der Waals surface area contributed by atoms with Crippen molar-refractivity contribution in [3.05, 3.63) is 41.0 Å². The van der Waals surface area contributed by atoms with Crippen LogP contribution >= 0.6 is 0 Å². The lowest BCUT2D eigenvalue weighted by Gasteiger charge is -2.07. The quantitative estimate of drug-likeness (QED) is 0.885. The van der Waals surface area contributed by atoms with Gasteiger partial charge in [0.1, 0.15) is 0 Å². The van der Waals surface area contributed by atoms with Crippen molar-refractivity contribution in [3.63, 3.8) is 0 Å². The number of hydrogen-bond donors (Lipinski definition) is 1. The molecule has 0 radical (unpaired) electrons. The largest absolute Gasteiger partial charge is 0.340 e. The fourth-order valence-corrected chi connectivity index (χ4v) is 2.87. The Morgan fingerprint density at radius 1 is 1.38 bits per heavy atom. The second-order valence-corrected chi connectivity index (χ2v) is 6.23. The first-order valence-corrected chi connectivity index (χ1v) is 7.70. The standard InChI is InChI=1S/C13H14N4O3S/c1-9-7-12(4-3-11(9)8-14)21(18,19)15-6-5-13-16-10(2)20-17-13/h3-4,7,15H,5-6H2,1-2H3. The van der Waals surface area contributed by atoms with Crippen LogP contribution in [0.25, 0.3) is 0 Å². The molecule has 0 saturated heterocycles. The van der Waals surface area contributed by atoms with Gasteiger partial charge in [-0.05, 0) is 30.7 Å². The van der Waals surface area contributed by atoms with Crippen molar-refractivity contribution in [2.24, 2.45) is 0 Å². The summed E-state index contributed by atoms with van der Waals surface area (Å²) in [4.78, 5) is 4.12. The summed E-state index contributed by atoms with van der Waals surface area (Å²) in [6, 6.07) is 6.37. The minimum absolute atomic E-state index is 0.128. The number of benzene rings is 1. The molecule has 0 amide bonds. The van der Waals surface area contributed by atoms with Crippen LogP contribution < -0.4 is 4.72 Å². The molecule has 7 nitrogen and oxygen atoms in total. The number of aryl methyl sites for hydroxylation is 2. The van der Waals surface area contributed by atoms with Crippen molar-refractivity contribution in [2.75, 3.05) is 6.54 Å². The third kappa shape index (κ3) is 3.65. The van der Waals surface area contributed by atoms with Gasteiger partial charge < -0.3 is 4.52 Å². The van der Waals surface area contributed by atoms with Gasteiger partial charge >= 0.3 is 0 Å². The second kappa shape index (κ2) is 6.03. The van der Waals surface area contributed by atoms with Crippen LogP contribution in [0.2, 0.25) is 0 Å². The predicted molar refractivity (Wildman–Crippen MR) is 73.8 cm³/mol. The molecule has 0 bridgehead atoms. The summed E-state index contributed by atoms with van der Waals surface area (Å²) < 4.78 is 31.5. The molecule has 0 aliphatic rings. The summed E-state index contributed by atoms with van der Waals surface area (Å²) >= 11 is 0. The van der Waals surface area contributed by atoms with Gasteiger partial charge in [0.15, 0.2) is 5.82 Å². The Morgan fingerprint density at radius 2 is 2.14 bits per heavy atom. The smallest absolute Gasteiger partial charge is 0.240 e. The maximum atomic E-state index is 12.1. The van der Waals surface area contributed by atoms with E-state index in [2.05, 4.69) is 14.9 Å². The highest BCUT2D eigenvalue weighted by atomic mass is 32.2. The molecule has 0 spiro atoms. The molecular formula is C13H14N4O3S. The van der Waals surface area contributed by atoms with E-state index in [1.165, 1.54) is 18.2 Å². The van der Waals surface area contributed by atoms with E-state index in [-0.39, 0.29) is 11.4 Å². The van der Waals surface area contributed by atoms with Crippen molar-refractivity contribution < 1.29 is 12.9 Å². The van der Waals surface area contributed by atoms with Crippen LogP contribution in [0.3, 0.4) is 0 Å². The van der Waals surface area contributed by atoms with Crippen LogP contribution in [-0.2, 0) is 16.4 Å². The Morgan fingerprint density at radius 3 is 2.71 bits per heavy atom. The fraction of sp³-hybridized carbons (Fsp3) is 0.308. The molecule has 2 aromatic rings. The topological polar surface area (TPSA) is 109 Å². The van der Waals surface area contributed by atoms with Gasteiger partial charge in [-0.3, -0.25) is 0 Å². The summed E-state index contributed by atoms with van der Waals surface area (Å²) in [6.07, 6.45) is 0.339. The molecule has 0 atom stereocenters. The van der Waals surface area contributed by atoms with E-state index in [0.717, 1.165) is 0 Å². The molecule has 1 N–H and O–H groups in total. The average molecular weight is 306 g/mol. The molecule has 8 heteroatoms. The number of aromatic nitrogens is 2. The minimum atomic E-state index is -3.62. The lowest BCUT2D eigenvalue weighted by Crippen LogP contribution is -2.26. The molecule has 1 aromatic heterocycles. The first-order valence-electron chi connectivity index (χ1n) is 6.22. The van der Waals surface area contributed by atoms with Crippen molar-refractivity contribution in [1.29, 1.82) is 5.26 Å². The van der Waals surface area contributed by atoms with Crippen LogP contribution in [0, 0.1) is 25.2 Å². The number of nitrogens with one attached hydrogen (secondary N) is 1. The lowest BCUT2D eigenvalue weighted by molar-refractivity contribution is 0.387. The average Bonchev–Trinajstić information content (AvgIpc) is 2.84.